The highest BCUT2D eigenvalue weighted by molar-refractivity contribution is 5.66. The van der Waals surface area contributed by atoms with Crippen molar-refractivity contribution in [3.05, 3.63) is 0 Å². The second-order valence-corrected chi connectivity index (χ2v) is 4.74. The number of aliphatic carboxylic acids is 1. The third-order valence-electron chi connectivity index (χ3n) is 3.28. The Hall–Kier alpha value is -0.530. The minimum absolute atomic E-state index is 0.329. The molecule has 90 valence electrons. The number of rotatable bonds is 9. The lowest BCUT2D eigenvalue weighted by Crippen LogP contribution is -2.08. The Morgan fingerprint density at radius 1 is 1.07 bits per heavy atom. The van der Waals surface area contributed by atoms with Crippen LogP contribution in [0.25, 0.3) is 0 Å². The maximum absolute atomic E-state index is 10.3. The first-order valence-corrected chi connectivity index (χ1v) is 6.29. The van der Waals surface area contributed by atoms with E-state index in [1.165, 1.54) is 25.7 Å². The Morgan fingerprint density at radius 2 is 1.60 bits per heavy atom. The van der Waals surface area contributed by atoms with E-state index in [1.807, 2.05) is 0 Å². The Balaban J connectivity index is 3.46. The van der Waals surface area contributed by atoms with E-state index in [9.17, 15) is 4.79 Å². The van der Waals surface area contributed by atoms with Gasteiger partial charge in [0.05, 0.1) is 0 Å². The topological polar surface area (TPSA) is 37.3 Å². The number of carboxylic acids is 1. The summed E-state index contributed by atoms with van der Waals surface area (Å²) in [7, 11) is 0. The molecule has 0 spiro atoms. The molecule has 0 rings (SSSR count). The van der Waals surface area contributed by atoms with Crippen molar-refractivity contribution in [2.75, 3.05) is 0 Å². The fourth-order valence-electron chi connectivity index (χ4n) is 1.84. The van der Waals surface area contributed by atoms with Crippen LogP contribution in [0.5, 0.6) is 0 Å². The first kappa shape index (κ1) is 14.5. The van der Waals surface area contributed by atoms with Gasteiger partial charge in [0.25, 0.3) is 0 Å². The zero-order valence-corrected chi connectivity index (χ0v) is 10.5. The van der Waals surface area contributed by atoms with Crippen LogP contribution in [0.3, 0.4) is 0 Å². The van der Waals surface area contributed by atoms with Gasteiger partial charge < -0.3 is 5.11 Å². The smallest absolute Gasteiger partial charge is 0.303 e. The molecule has 0 aliphatic rings. The van der Waals surface area contributed by atoms with Gasteiger partial charge in [0.2, 0.25) is 0 Å². The predicted molar refractivity (Wildman–Crippen MR) is 64.0 cm³/mol. The van der Waals surface area contributed by atoms with E-state index in [4.69, 9.17) is 5.11 Å². The summed E-state index contributed by atoms with van der Waals surface area (Å²) < 4.78 is 0. The van der Waals surface area contributed by atoms with Gasteiger partial charge in [-0.1, -0.05) is 52.9 Å². The molecule has 0 aromatic carbocycles. The minimum Gasteiger partial charge on any atom is -0.481 e. The molecule has 0 aliphatic carbocycles. The zero-order chi connectivity index (χ0) is 11.7. The molecule has 0 heterocycles. The van der Waals surface area contributed by atoms with Gasteiger partial charge in [0.1, 0.15) is 0 Å². The van der Waals surface area contributed by atoms with Gasteiger partial charge in [0, 0.05) is 6.42 Å². The molecule has 0 saturated carbocycles. The van der Waals surface area contributed by atoms with Crippen molar-refractivity contribution in [2.45, 2.75) is 65.7 Å². The maximum atomic E-state index is 10.3. The molecular formula is C13H26O2. The number of hydrogen-bond acceptors (Lipinski definition) is 1. The van der Waals surface area contributed by atoms with Crippen molar-refractivity contribution in [2.24, 2.45) is 11.8 Å². The number of hydrogen-bond donors (Lipinski definition) is 1. The molecule has 2 nitrogen and oxygen atoms in total. The largest absolute Gasteiger partial charge is 0.481 e. The average molecular weight is 214 g/mol. The van der Waals surface area contributed by atoms with Crippen LogP contribution in [0, 0.1) is 11.8 Å². The highest BCUT2D eigenvalue weighted by Gasteiger charge is 2.11. The Morgan fingerprint density at radius 3 is 2.07 bits per heavy atom. The average Bonchev–Trinajstić information content (AvgIpc) is 2.20. The molecule has 1 N–H and O–H groups in total. The first-order valence-electron chi connectivity index (χ1n) is 6.29. The third kappa shape index (κ3) is 8.46. The number of carboxylic acid groups (broad SMARTS) is 1. The van der Waals surface area contributed by atoms with E-state index in [-0.39, 0.29) is 0 Å². The molecule has 2 heteroatoms. The lowest BCUT2D eigenvalue weighted by atomic mass is 9.87. The van der Waals surface area contributed by atoms with Gasteiger partial charge in [-0.05, 0) is 18.3 Å². The lowest BCUT2D eigenvalue weighted by Gasteiger charge is -2.19. The summed E-state index contributed by atoms with van der Waals surface area (Å²) in [6.45, 7) is 6.84. The van der Waals surface area contributed by atoms with Gasteiger partial charge >= 0.3 is 5.97 Å². The van der Waals surface area contributed by atoms with Crippen LogP contribution < -0.4 is 0 Å². The second-order valence-electron chi connectivity index (χ2n) is 4.74. The standard InChI is InChI=1S/C13H26O2/c1-4-5-8-11(2)12(3)9-6-7-10-13(14)15/h11-12H,4-10H2,1-3H3,(H,14,15). The molecule has 0 radical (unpaired) electrons. The van der Waals surface area contributed by atoms with Crippen LogP contribution in [0.1, 0.15) is 65.7 Å². The van der Waals surface area contributed by atoms with Crippen molar-refractivity contribution in [3.63, 3.8) is 0 Å². The normalized spacial score (nSPS) is 14.9. The Bertz CT molecular complexity index is 166. The van der Waals surface area contributed by atoms with Gasteiger partial charge in [0.15, 0.2) is 0 Å². The summed E-state index contributed by atoms with van der Waals surface area (Å²) in [5.74, 6) is 0.863. The molecule has 2 unspecified atom stereocenters. The quantitative estimate of drug-likeness (QED) is 0.587. The minimum atomic E-state index is -0.665. The van der Waals surface area contributed by atoms with Crippen molar-refractivity contribution >= 4 is 5.97 Å². The summed E-state index contributed by atoms with van der Waals surface area (Å²) in [6.07, 6.45) is 7.31. The van der Waals surface area contributed by atoms with Crippen molar-refractivity contribution < 1.29 is 9.90 Å². The van der Waals surface area contributed by atoms with E-state index in [1.54, 1.807) is 0 Å². The van der Waals surface area contributed by atoms with E-state index >= 15 is 0 Å². The summed E-state index contributed by atoms with van der Waals surface area (Å²) in [4.78, 5) is 10.3. The van der Waals surface area contributed by atoms with E-state index in [2.05, 4.69) is 20.8 Å². The summed E-state index contributed by atoms with van der Waals surface area (Å²) in [6, 6.07) is 0. The van der Waals surface area contributed by atoms with Crippen molar-refractivity contribution in [1.29, 1.82) is 0 Å². The number of unbranched alkanes of at least 4 members (excludes halogenated alkanes) is 2. The van der Waals surface area contributed by atoms with E-state index in [0.29, 0.717) is 6.42 Å². The molecule has 0 amide bonds. The van der Waals surface area contributed by atoms with Crippen molar-refractivity contribution in [1.82, 2.24) is 0 Å². The predicted octanol–water partition coefficient (Wildman–Crippen LogP) is 4.09. The van der Waals surface area contributed by atoms with Gasteiger partial charge in [-0.2, -0.15) is 0 Å². The molecule has 0 aromatic heterocycles. The zero-order valence-electron chi connectivity index (χ0n) is 10.5. The molecule has 0 fully saturated rings. The van der Waals surface area contributed by atoms with Gasteiger partial charge in [-0.3, -0.25) is 4.79 Å². The Kier molecular flexibility index (Phi) is 8.44. The monoisotopic (exact) mass is 214 g/mol. The highest BCUT2D eigenvalue weighted by atomic mass is 16.4. The molecule has 0 bridgehead atoms. The van der Waals surface area contributed by atoms with E-state index < -0.39 is 5.97 Å². The SMILES string of the molecule is CCCCC(C)C(C)CCCCC(=O)O. The fourth-order valence-corrected chi connectivity index (χ4v) is 1.84. The van der Waals surface area contributed by atoms with Crippen LogP contribution in [-0.4, -0.2) is 11.1 Å². The molecule has 0 aromatic rings. The summed E-state index contributed by atoms with van der Waals surface area (Å²) in [5.41, 5.74) is 0. The molecular weight excluding hydrogens is 188 g/mol. The highest BCUT2D eigenvalue weighted by Crippen LogP contribution is 2.22. The molecule has 15 heavy (non-hydrogen) atoms. The molecule has 0 saturated heterocycles. The first-order chi connectivity index (χ1) is 7.07. The van der Waals surface area contributed by atoms with Crippen LogP contribution in [0.15, 0.2) is 0 Å². The van der Waals surface area contributed by atoms with Gasteiger partial charge in [-0.15, -0.1) is 0 Å². The van der Waals surface area contributed by atoms with Crippen LogP contribution >= 0.6 is 0 Å². The van der Waals surface area contributed by atoms with Crippen LogP contribution in [0.2, 0.25) is 0 Å². The summed E-state index contributed by atoms with van der Waals surface area (Å²) in [5, 5.41) is 8.50. The van der Waals surface area contributed by atoms with Crippen LogP contribution in [0.4, 0.5) is 0 Å². The Labute approximate surface area is 94.1 Å². The molecule has 0 aliphatic heterocycles. The van der Waals surface area contributed by atoms with Crippen molar-refractivity contribution in [3.8, 4) is 0 Å². The second kappa shape index (κ2) is 8.75. The fraction of sp³-hybridized carbons (Fsp3) is 0.923. The van der Waals surface area contributed by atoms with Crippen LogP contribution in [-0.2, 0) is 4.79 Å². The van der Waals surface area contributed by atoms with E-state index in [0.717, 1.165) is 24.7 Å². The number of carbonyl (C=O) groups is 1. The lowest BCUT2D eigenvalue weighted by molar-refractivity contribution is -0.137. The third-order valence-corrected chi connectivity index (χ3v) is 3.28. The molecule has 2 atom stereocenters. The van der Waals surface area contributed by atoms with Gasteiger partial charge in [-0.25, -0.2) is 0 Å². The summed E-state index contributed by atoms with van der Waals surface area (Å²) >= 11 is 0. The maximum Gasteiger partial charge on any atom is 0.303 e.